The second kappa shape index (κ2) is 9.25. The molecular formula is C20H26N4O5. The molecule has 4 amide bonds. The Morgan fingerprint density at radius 1 is 1.21 bits per heavy atom. The lowest BCUT2D eigenvalue weighted by atomic mass is 10.0. The largest absolute Gasteiger partial charge is 0.379 e. The molecule has 2 aliphatic heterocycles. The van der Waals surface area contributed by atoms with Crippen molar-refractivity contribution in [1.82, 2.24) is 20.4 Å². The molecule has 1 aromatic rings. The van der Waals surface area contributed by atoms with Crippen LogP contribution in [0.1, 0.15) is 39.1 Å². The van der Waals surface area contributed by atoms with E-state index in [1.807, 2.05) is 25.1 Å². The fourth-order valence-electron chi connectivity index (χ4n) is 3.58. The minimum Gasteiger partial charge on any atom is -0.379 e. The van der Waals surface area contributed by atoms with Crippen molar-refractivity contribution >= 4 is 23.6 Å². The summed E-state index contributed by atoms with van der Waals surface area (Å²) in [6, 6.07) is 4.21. The molecule has 1 saturated heterocycles. The number of rotatable bonds is 9. The molecule has 1 fully saturated rings. The maximum Gasteiger partial charge on any atom is 0.262 e. The summed E-state index contributed by atoms with van der Waals surface area (Å²) in [5.74, 6) is -1.96. The summed E-state index contributed by atoms with van der Waals surface area (Å²) in [6.07, 6.45) is 0.252. The number of imide groups is 2. The Morgan fingerprint density at radius 3 is 2.72 bits per heavy atom. The molecule has 1 unspecified atom stereocenters. The first kappa shape index (κ1) is 21.1. The predicted molar refractivity (Wildman–Crippen MR) is 104 cm³/mol. The van der Waals surface area contributed by atoms with Gasteiger partial charge in [-0.1, -0.05) is 12.1 Å². The fraction of sp³-hybridized carbons (Fsp3) is 0.500. The first-order valence-electron chi connectivity index (χ1n) is 9.68. The van der Waals surface area contributed by atoms with Crippen LogP contribution in [-0.2, 0) is 20.9 Å². The molecule has 0 spiro atoms. The number of carbonyl (C=O) groups is 4. The third-order valence-corrected chi connectivity index (χ3v) is 5.11. The summed E-state index contributed by atoms with van der Waals surface area (Å²) < 4.78 is 5.52. The molecule has 9 heteroatoms. The van der Waals surface area contributed by atoms with Crippen LogP contribution < -0.4 is 10.6 Å². The van der Waals surface area contributed by atoms with Gasteiger partial charge in [0, 0.05) is 26.1 Å². The van der Waals surface area contributed by atoms with Crippen LogP contribution in [0.25, 0.3) is 0 Å². The average molecular weight is 402 g/mol. The van der Waals surface area contributed by atoms with Crippen LogP contribution in [0.3, 0.4) is 0 Å². The molecular weight excluding hydrogens is 376 g/mol. The molecule has 156 valence electrons. The van der Waals surface area contributed by atoms with E-state index in [0.717, 1.165) is 17.0 Å². The smallest absolute Gasteiger partial charge is 0.262 e. The number of amides is 4. The standard InChI is InChI=1S/C20H26N4O5/c1-21-8-10-29-11-9-23(2)12-13-4-3-5-14-17(13)20(28)24(19(14)27)15-6-7-16(25)22-18(15)26/h3-5,15,21H,6-12H2,1-2H3,(H,22,25,26). The van der Waals surface area contributed by atoms with Gasteiger partial charge in [-0.05, 0) is 32.1 Å². The Morgan fingerprint density at radius 2 is 2.00 bits per heavy atom. The zero-order valence-corrected chi connectivity index (χ0v) is 16.7. The molecule has 0 aliphatic carbocycles. The number of benzene rings is 1. The molecule has 9 nitrogen and oxygen atoms in total. The number of ether oxygens (including phenoxy) is 1. The molecule has 29 heavy (non-hydrogen) atoms. The van der Waals surface area contributed by atoms with Crippen LogP contribution in [0.5, 0.6) is 0 Å². The number of nitrogens with zero attached hydrogens (tertiary/aromatic N) is 2. The van der Waals surface area contributed by atoms with E-state index in [4.69, 9.17) is 4.74 Å². The normalized spacial score (nSPS) is 19.1. The van der Waals surface area contributed by atoms with Crippen molar-refractivity contribution in [3.8, 4) is 0 Å². The first-order valence-corrected chi connectivity index (χ1v) is 9.68. The molecule has 2 N–H and O–H groups in total. The van der Waals surface area contributed by atoms with Gasteiger partial charge in [-0.3, -0.25) is 34.3 Å². The number of fused-ring (bicyclic) bond motifs is 1. The van der Waals surface area contributed by atoms with Crippen molar-refractivity contribution in [3.63, 3.8) is 0 Å². The zero-order chi connectivity index (χ0) is 21.0. The van der Waals surface area contributed by atoms with Gasteiger partial charge >= 0.3 is 0 Å². The maximum absolute atomic E-state index is 13.1. The predicted octanol–water partition coefficient (Wildman–Crippen LogP) is -0.244. The quantitative estimate of drug-likeness (QED) is 0.433. The Kier molecular flexibility index (Phi) is 6.73. The van der Waals surface area contributed by atoms with Gasteiger partial charge in [-0.25, -0.2) is 0 Å². The van der Waals surface area contributed by atoms with Crippen LogP contribution in [-0.4, -0.2) is 79.9 Å². The molecule has 1 atom stereocenters. The highest BCUT2D eigenvalue weighted by Crippen LogP contribution is 2.30. The van der Waals surface area contributed by atoms with Crippen molar-refractivity contribution in [1.29, 1.82) is 0 Å². The van der Waals surface area contributed by atoms with Crippen molar-refractivity contribution in [2.24, 2.45) is 0 Å². The second-order valence-corrected chi connectivity index (χ2v) is 7.24. The zero-order valence-electron chi connectivity index (χ0n) is 16.7. The summed E-state index contributed by atoms with van der Waals surface area (Å²) >= 11 is 0. The topological polar surface area (TPSA) is 108 Å². The van der Waals surface area contributed by atoms with Gasteiger partial charge in [-0.15, -0.1) is 0 Å². The summed E-state index contributed by atoms with van der Waals surface area (Å²) in [7, 11) is 3.78. The van der Waals surface area contributed by atoms with E-state index in [0.29, 0.717) is 37.4 Å². The molecule has 0 bridgehead atoms. The third-order valence-electron chi connectivity index (χ3n) is 5.11. The maximum atomic E-state index is 13.1. The average Bonchev–Trinajstić information content (AvgIpc) is 2.93. The van der Waals surface area contributed by atoms with Crippen molar-refractivity contribution < 1.29 is 23.9 Å². The van der Waals surface area contributed by atoms with E-state index >= 15 is 0 Å². The lowest BCUT2D eigenvalue weighted by Crippen LogP contribution is -2.54. The number of piperidine rings is 1. The van der Waals surface area contributed by atoms with Crippen molar-refractivity contribution in [3.05, 3.63) is 34.9 Å². The SMILES string of the molecule is CNCCOCCN(C)Cc1cccc2c1C(=O)N(C1CCC(=O)NC1=O)C2=O. The summed E-state index contributed by atoms with van der Waals surface area (Å²) in [5.41, 5.74) is 1.37. The fourth-order valence-corrected chi connectivity index (χ4v) is 3.58. The Balaban J connectivity index is 1.71. The van der Waals surface area contributed by atoms with E-state index in [1.54, 1.807) is 12.1 Å². The van der Waals surface area contributed by atoms with Crippen LogP contribution in [0.4, 0.5) is 0 Å². The van der Waals surface area contributed by atoms with Crippen LogP contribution in [0.2, 0.25) is 0 Å². The Hall–Kier alpha value is -2.62. The molecule has 1 aromatic carbocycles. The number of nitrogens with one attached hydrogen (secondary N) is 2. The van der Waals surface area contributed by atoms with Gasteiger partial charge in [0.05, 0.1) is 24.3 Å². The highest BCUT2D eigenvalue weighted by atomic mass is 16.5. The van der Waals surface area contributed by atoms with E-state index < -0.39 is 23.8 Å². The lowest BCUT2D eigenvalue weighted by Gasteiger charge is -2.28. The van der Waals surface area contributed by atoms with Gasteiger partial charge < -0.3 is 10.1 Å². The minimum absolute atomic E-state index is 0.104. The number of hydrogen-bond acceptors (Lipinski definition) is 7. The molecule has 3 rings (SSSR count). The van der Waals surface area contributed by atoms with Gasteiger partial charge in [0.1, 0.15) is 6.04 Å². The van der Waals surface area contributed by atoms with Crippen LogP contribution >= 0.6 is 0 Å². The molecule has 0 saturated carbocycles. The Bertz CT molecular complexity index is 825. The monoisotopic (exact) mass is 402 g/mol. The van der Waals surface area contributed by atoms with Crippen molar-refractivity contribution in [2.45, 2.75) is 25.4 Å². The number of hydrogen-bond donors (Lipinski definition) is 2. The van der Waals surface area contributed by atoms with Crippen LogP contribution in [0, 0.1) is 0 Å². The molecule has 2 aliphatic rings. The molecule has 2 heterocycles. The highest BCUT2D eigenvalue weighted by molar-refractivity contribution is 6.24. The van der Waals surface area contributed by atoms with Gasteiger partial charge in [0.15, 0.2) is 0 Å². The van der Waals surface area contributed by atoms with Crippen molar-refractivity contribution in [2.75, 3.05) is 40.4 Å². The summed E-state index contributed by atoms with van der Waals surface area (Å²) in [4.78, 5) is 52.5. The van der Waals surface area contributed by atoms with Crippen LogP contribution in [0.15, 0.2) is 18.2 Å². The number of carbonyl (C=O) groups excluding carboxylic acids is 4. The molecule has 0 aromatic heterocycles. The third kappa shape index (κ3) is 4.52. The summed E-state index contributed by atoms with van der Waals surface area (Å²) in [6.45, 7) is 3.11. The van der Waals surface area contributed by atoms with Gasteiger partial charge in [0.2, 0.25) is 11.8 Å². The highest BCUT2D eigenvalue weighted by Gasteiger charge is 2.45. The lowest BCUT2D eigenvalue weighted by molar-refractivity contribution is -0.136. The minimum atomic E-state index is -0.953. The molecule has 0 radical (unpaired) electrons. The number of likely N-dealkylation sites (N-methyl/N-ethyl adjacent to an activating group) is 2. The second-order valence-electron chi connectivity index (χ2n) is 7.24. The van der Waals surface area contributed by atoms with E-state index in [9.17, 15) is 19.2 Å². The van der Waals surface area contributed by atoms with E-state index in [1.165, 1.54) is 0 Å². The Labute approximate surface area is 169 Å². The van der Waals surface area contributed by atoms with Gasteiger partial charge in [-0.2, -0.15) is 0 Å². The summed E-state index contributed by atoms with van der Waals surface area (Å²) in [5, 5.41) is 5.22. The first-order chi connectivity index (χ1) is 13.9. The van der Waals surface area contributed by atoms with E-state index in [-0.39, 0.29) is 18.7 Å². The van der Waals surface area contributed by atoms with E-state index in [2.05, 4.69) is 10.6 Å². The van der Waals surface area contributed by atoms with Gasteiger partial charge in [0.25, 0.3) is 11.8 Å².